The summed E-state index contributed by atoms with van der Waals surface area (Å²) < 4.78 is 11.5. The minimum absolute atomic E-state index is 0.0349. The molecule has 3 nitrogen and oxygen atoms in total. The van der Waals surface area contributed by atoms with Crippen LogP contribution in [-0.2, 0) is 0 Å². The Morgan fingerprint density at radius 2 is 1.17 bits per heavy atom. The lowest BCUT2D eigenvalue weighted by Gasteiger charge is -2.08. The lowest BCUT2D eigenvalue weighted by atomic mass is 10.2. The van der Waals surface area contributed by atoms with Crippen molar-refractivity contribution in [3.05, 3.63) is 54.1 Å². The number of unbranched alkanes of at least 4 members (excludes halogenated alkanes) is 6. The van der Waals surface area contributed by atoms with E-state index in [1.165, 1.54) is 50.3 Å². The number of benzene rings is 2. The monoisotopic (exact) mass is 414 g/mol. The van der Waals surface area contributed by atoms with Gasteiger partial charge in [0.05, 0.1) is 13.2 Å². The van der Waals surface area contributed by atoms with Crippen LogP contribution in [0.4, 0.5) is 0 Å². The number of hydrogen-bond acceptors (Lipinski definition) is 4. The average Bonchev–Trinajstić information content (AvgIpc) is 2.75. The Bertz CT molecular complexity index is 695. The third kappa shape index (κ3) is 9.40. The third-order valence-electron chi connectivity index (χ3n) is 4.66. The van der Waals surface area contributed by atoms with Gasteiger partial charge in [-0.3, -0.25) is 4.79 Å². The molecule has 0 saturated carbocycles. The number of carbonyl (C=O) groups is 1. The first-order valence-electron chi connectivity index (χ1n) is 10.9. The van der Waals surface area contributed by atoms with Gasteiger partial charge < -0.3 is 9.47 Å². The summed E-state index contributed by atoms with van der Waals surface area (Å²) >= 11 is 1.24. The molecule has 0 spiro atoms. The zero-order chi connectivity index (χ0) is 20.7. The smallest absolute Gasteiger partial charge is 0.224 e. The van der Waals surface area contributed by atoms with E-state index in [4.69, 9.17) is 9.47 Å². The molecule has 0 radical (unpaired) electrons. The lowest BCUT2D eigenvalue weighted by Crippen LogP contribution is -1.98. The summed E-state index contributed by atoms with van der Waals surface area (Å²) in [7, 11) is 0. The van der Waals surface area contributed by atoms with Crippen molar-refractivity contribution < 1.29 is 14.3 Å². The van der Waals surface area contributed by atoms with E-state index >= 15 is 0 Å². The lowest BCUT2D eigenvalue weighted by molar-refractivity contribution is 0.108. The third-order valence-corrected chi connectivity index (χ3v) is 5.59. The van der Waals surface area contributed by atoms with Gasteiger partial charge in [0.15, 0.2) is 0 Å². The largest absolute Gasteiger partial charge is 0.494 e. The molecule has 0 saturated heterocycles. The van der Waals surface area contributed by atoms with Crippen LogP contribution < -0.4 is 9.47 Å². The summed E-state index contributed by atoms with van der Waals surface area (Å²) in [4.78, 5) is 13.4. The van der Waals surface area contributed by atoms with Crippen molar-refractivity contribution in [3.63, 3.8) is 0 Å². The molecule has 29 heavy (non-hydrogen) atoms. The van der Waals surface area contributed by atoms with Gasteiger partial charge in [0.1, 0.15) is 11.5 Å². The van der Waals surface area contributed by atoms with Gasteiger partial charge in [0.25, 0.3) is 0 Å². The van der Waals surface area contributed by atoms with E-state index in [0.717, 1.165) is 42.4 Å². The first-order valence-corrected chi connectivity index (χ1v) is 11.7. The van der Waals surface area contributed by atoms with Gasteiger partial charge in [-0.1, -0.05) is 52.4 Å². The van der Waals surface area contributed by atoms with Gasteiger partial charge in [-0.25, -0.2) is 0 Å². The zero-order valence-corrected chi connectivity index (χ0v) is 18.6. The van der Waals surface area contributed by atoms with E-state index in [0.29, 0.717) is 5.56 Å². The average molecular weight is 415 g/mol. The molecule has 0 aromatic heterocycles. The van der Waals surface area contributed by atoms with Crippen molar-refractivity contribution in [1.82, 2.24) is 0 Å². The zero-order valence-electron chi connectivity index (χ0n) is 17.8. The summed E-state index contributed by atoms with van der Waals surface area (Å²) in [5, 5.41) is 0.0349. The van der Waals surface area contributed by atoms with Crippen molar-refractivity contribution in [2.75, 3.05) is 13.2 Å². The molecule has 0 aliphatic rings. The number of ether oxygens (including phenoxy) is 2. The van der Waals surface area contributed by atoms with Crippen LogP contribution in [0, 0.1) is 0 Å². The second kappa shape index (κ2) is 14.1. The van der Waals surface area contributed by atoms with Crippen molar-refractivity contribution in [2.24, 2.45) is 0 Å². The molecule has 4 heteroatoms. The van der Waals surface area contributed by atoms with Gasteiger partial charge in [0, 0.05) is 10.5 Å². The van der Waals surface area contributed by atoms with E-state index in [9.17, 15) is 4.79 Å². The predicted molar refractivity (Wildman–Crippen MR) is 122 cm³/mol. The molecule has 2 aromatic carbocycles. The topological polar surface area (TPSA) is 35.5 Å². The summed E-state index contributed by atoms with van der Waals surface area (Å²) in [5.74, 6) is 1.68. The Kier molecular flexibility index (Phi) is 11.4. The molecule has 2 rings (SSSR count). The Hall–Kier alpha value is -1.94. The van der Waals surface area contributed by atoms with Crippen LogP contribution in [0.15, 0.2) is 53.4 Å². The van der Waals surface area contributed by atoms with Crippen LogP contribution in [0.1, 0.15) is 75.6 Å². The first-order chi connectivity index (χ1) is 14.2. The molecule has 0 unspecified atom stereocenters. The Balaban J connectivity index is 1.74. The predicted octanol–water partition coefficient (Wildman–Crippen LogP) is 7.54. The summed E-state index contributed by atoms with van der Waals surface area (Å²) in [6.07, 6.45) is 9.56. The molecule has 0 amide bonds. The van der Waals surface area contributed by atoms with E-state index < -0.39 is 0 Å². The Morgan fingerprint density at radius 1 is 0.690 bits per heavy atom. The standard InChI is InChI=1S/C25H34O3S/c1-3-5-7-8-10-20-28-22-13-11-21(12-14-22)25(26)29-24-17-15-23(16-18-24)27-19-9-6-4-2/h11-18H,3-10,19-20H2,1-2H3. The molecule has 158 valence electrons. The molecule has 0 fully saturated rings. The maximum atomic E-state index is 12.5. The molecular formula is C25H34O3S. The number of carbonyl (C=O) groups excluding carboxylic acids is 1. The van der Waals surface area contributed by atoms with Crippen LogP contribution >= 0.6 is 11.8 Å². The molecule has 0 N–H and O–H groups in total. The van der Waals surface area contributed by atoms with Crippen molar-refractivity contribution >= 4 is 16.9 Å². The van der Waals surface area contributed by atoms with E-state index in [1.807, 2.05) is 48.5 Å². The normalized spacial score (nSPS) is 10.7. The van der Waals surface area contributed by atoms with Gasteiger partial charge in [0.2, 0.25) is 5.12 Å². The molecule has 0 bridgehead atoms. The summed E-state index contributed by atoms with van der Waals surface area (Å²) in [6.45, 7) is 5.88. The van der Waals surface area contributed by atoms with Crippen LogP contribution in [0.2, 0.25) is 0 Å². The number of thioether (sulfide) groups is 1. The fourth-order valence-corrected chi connectivity index (χ4v) is 3.64. The van der Waals surface area contributed by atoms with Crippen molar-refractivity contribution in [3.8, 4) is 11.5 Å². The van der Waals surface area contributed by atoms with Crippen molar-refractivity contribution in [2.45, 2.75) is 70.1 Å². The van der Waals surface area contributed by atoms with Gasteiger partial charge in [-0.2, -0.15) is 0 Å². The molecule has 0 aliphatic carbocycles. The minimum Gasteiger partial charge on any atom is -0.494 e. The molecule has 2 aromatic rings. The molecular weight excluding hydrogens is 380 g/mol. The fraction of sp³-hybridized carbons (Fsp3) is 0.480. The minimum atomic E-state index is 0.0349. The first kappa shape index (κ1) is 23.3. The Morgan fingerprint density at radius 3 is 1.76 bits per heavy atom. The van der Waals surface area contributed by atoms with Crippen LogP contribution in [-0.4, -0.2) is 18.3 Å². The summed E-state index contributed by atoms with van der Waals surface area (Å²) in [6, 6.07) is 15.2. The fourth-order valence-electron chi connectivity index (χ4n) is 2.89. The molecule has 0 heterocycles. The second-order valence-corrected chi connectivity index (χ2v) is 8.25. The van der Waals surface area contributed by atoms with Crippen molar-refractivity contribution in [1.29, 1.82) is 0 Å². The maximum absolute atomic E-state index is 12.5. The van der Waals surface area contributed by atoms with Crippen LogP contribution in [0.3, 0.4) is 0 Å². The SMILES string of the molecule is CCCCCCCOc1ccc(C(=O)Sc2ccc(OCCCCC)cc2)cc1. The highest BCUT2D eigenvalue weighted by molar-refractivity contribution is 8.14. The van der Waals surface area contributed by atoms with E-state index in [2.05, 4.69) is 13.8 Å². The quantitative estimate of drug-likeness (QED) is 0.236. The van der Waals surface area contributed by atoms with E-state index in [-0.39, 0.29) is 5.12 Å². The molecule has 0 atom stereocenters. The van der Waals surface area contributed by atoms with Gasteiger partial charge in [-0.15, -0.1) is 0 Å². The van der Waals surface area contributed by atoms with Gasteiger partial charge in [-0.05, 0) is 73.1 Å². The van der Waals surface area contributed by atoms with E-state index in [1.54, 1.807) is 0 Å². The van der Waals surface area contributed by atoms with Gasteiger partial charge >= 0.3 is 0 Å². The maximum Gasteiger partial charge on any atom is 0.224 e. The highest BCUT2D eigenvalue weighted by atomic mass is 32.2. The Labute approximate surface area is 180 Å². The van der Waals surface area contributed by atoms with Crippen LogP contribution in [0.25, 0.3) is 0 Å². The number of rotatable bonds is 14. The second-order valence-electron chi connectivity index (χ2n) is 7.20. The highest BCUT2D eigenvalue weighted by Crippen LogP contribution is 2.26. The molecule has 0 aliphatic heterocycles. The highest BCUT2D eigenvalue weighted by Gasteiger charge is 2.09. The summed E-state index contributed by atoms with van der Waals surface area (Å²) in [5.41, 5.74) is 0.685. The van der Waals surface area contributed by atoms with Crippen LogP contribution in [0.5, 0.6) is 11.5 Å². The number of hydrogen-bond donors (Lipinski definition) is 0.